The van der Waals surface area contributed by atoms with Gasteiger partial charge >= 0.3 is 5.97 Å². The van der Waals surface area contributed by atoms with E-state index in [1.807, 2.05) is 12.1 Å². The lowest BCUT2D eigenvalue weighted by molar-refractivity contribution is -0.131. The molecule has 0 N–H and O–H groups in total. The zero-order chi connectivity index (χ0) is 12.0. The van der Waals surface area contributed by atoms with Gasteiger partial charge in [0.1, 0.15) is 11.5 Å². The fourth-order valence-electron chi connectivity index (χ4n) is 3.37. The lowest BCUT2D eigenvalue weighted by Gasteiger charge is -2.20. The van der Waals surface area contributed by atoms with E-state index in [1.54, 1.807) is 7.11 Å². The summed E-state index contributed by atoms with van der Waals surface area (Å²) in [4.78, 5) is 11.1. The number of methoxy groups -OCH3 is 1. The molecule has 17 heavy (non-hydrogen) atoms. The van der Waals surface area contributed by atoms with E-state index in [9.17, 15) is 4.79 Å². The van der Waals surface area contributed by atoms with Crippen LogP contribution in [0.15, 0.2) is 12.1 Å². The van der Waals surface area contributed by atoms with Gasteiger partial charge in [-0.25, -0.2) is 0 Å². The van der Waals surface area contributed by atoms with Gasteiger partial charge in [0, 0.05) is 18.1 Å². The van der Waals surface area contributed by atoms with Crippen molar-refractivity contribution in [1.82, 2.24) is 0 Å². The molecular formula is C14H16O3. The Morgan fingerprint density at radius 3 is 2.35 bits per heavy atom. The second kappa shape index (κ2) is 3.76. The fraction of sp³-hybridized carbons (Fsp3) is 0.500. The summed E-state index contributed by atoms with van der Waals surface area (Å²) in [6, 6.07) is 3.78. The van der Waals surface area contributed by atoms with Crippen LogP contribution in [-0.2, 0) is 4.79 Å². The maximum atomic E-state index is 11.1. The molecule has 0 heterocycles. The molecular weight excluding hydrogens is 216 g/mol. The van der Waals surface area contributed by atoms with E-state index in [1.165, 1.54) is 37.3 Å². The smallest absolute Gasteiger partial charge is 0.308 e. The SMILES string of the molecule is COc1ccc(OC(C)=O)c2c1C1CCC2C1. The first-order valence-corrected chi connectivity index (χ1v) is 6.10. The van der Waals surface area contributed by atoms with Gasteiger partial charge in [0.15, 0.2) is 0 Å². The molecule has 90 valence electrons. The Balaban J connectivity index is 2.12. The zero-order valence-corrected chi connectivity index (χ0v) is 10.2. The van der Waals surface area contributed by atoms with Gasteiger partial charge in [-0.15, -0.1) is 0 Å². The van der Waals surface area contributed by atoms with E-state index in [0.717, 1.165) is 11.5 Å². The van der Waals surface area contributed by atoms with E-state index < -0.39 is 0 Å². The lowest BCUT2D eigenvalue weighted by atomic mass is 9.90. The molecule has 2 aliphatic carbocycles. The maximum absolute atomic E-state index is 11.1. The summed E-state index contributed by atoms with van der Waals surface area (Å²) in [6.07, 6.45) is 3.63. The van der Waals surface area contributed by atoms with Gasteiger partial charge in [-0.3, -0.25) is 4.79 Å². The van der Waals surface area contributed by atoms with Crippen molar-refractivity contribution in [1.29, 1.82) is 0 Å². The highest BCUT2D eigenvalue weighted by Crippen LogP contribution is 2.58. The van der Waals surface area contributed by atoms with Crippen LogP contribution in [0.2, 0.25) is 0 Å². The molecule has 0 radical (unpaired) electrons. The molecule has 2 aliphatic rings. The Labute approximate surface area is 101 Å². The Morgan fingerprint density at radius 2 is 1.76 bits per heavy atom. The van der Waals surface area contributed by atoms with Gasteiger partial charge in [0.05, 0.1) is 7.11 Å². The molecule has 0 aromatic heterocycles. The van der Waals surface area contributed by atoms with Crippen molar-refractivity contribution in [2.75, 3.05) is 7.11 Å². The minimum atomic E-state index is -0.250. The topological polar surface area (TPSA) is 35.5 Å². The first-order chi connectivity index (χ1) is 8.20. The monoisotopic (exact) mass is 232 g/mol. The second-order valence-electron chi connectivity index (χ2n) is 4.89. The standard InChI is InChI=1S/C14H16O3/c1-8(15)17-12-6-5-11(16-2)13-9-3-4-10(7-9)14(12)13/h5-6,9-10H,3-4,7H2,1-2H3. The van der Waals surface area contributed by atoms with Crippen LogP contribution in [0.5, 0.6) is 11.5 Å². The minimum Gasteiger partial charge on any atom is -0.496 e. The number of ether oxygens (including phenoxy) is 2. The van der Waals surface area contributed by atoms with Crippen LogP contribution >= 0.6 is 0 Å². The third kappa shape index (κ3) is 1.53. The number of esters is 1. The molecule has 1 aromatic carbocycles. The lowest BCUT2D eigenvalue weighted by Crippen LogP contribution is -2.08. The summed E-state index contributed by atoms with van der Waals surface area (Å²) in [5.41, 5.74) is 2.50. The molecule has 1 saturated carbocycles. The zero-order valence-electron chi connectivity index (χ0n) is 10.2. The third-order valence-corrected chi connectivity index (χ3v) is 3.93. The summed E-state index contributed by atoms with van der Waals surface area (Å²) >= 11 is 0. The summed E-state index contributed by atoms with van der Waals surface area (Å²) in [6.45, 7) is 1.45. The largest absolute Gasteiger partial charge is 0.496 e. The Bertz CT molecular complexity index is 479. The van der Waals surface area contributed by atoms with Crippen LogP contribution in [0, 0.1) is 0 Å². The third-order valence-electron chi connectivity index (χ3n) is 3.93. The van der Waals surface area contributed by atoms with Gasteiger partial charge in [-0.2, -0.15) is 0 Å². The number of hydrogen-bond acceptors (Lipinski definition) is 3. The molecule has 1 aromatic rings. The number of rotatable bonds is 2. The van der Waals surface area contributed by atoms with E-state index in [4.69, 9.17) is 9.47 Å². The predicted octanol–water partition coefficient (Wildman–Crippen LogP) is 2.99. The Kier molecular flexibility index (Phi) is 2.35. The molecule has 0 saturated heterocycles. The van der Waals surface area contributed by atoms with Crippen molar-refractivity contribution >= 4 is 5.97 Å². The van der Waals surface area contributed by atoms with Crippen molar-refractivity contribution in [3.63, 3.8) is 0 Å². The molecule has 0 aliphatic heterocycles. The van der Waals surface area contributed by atoms with Crippen LogP contribution in [0.4, 0.5) is 0 Å². The van der Waals surface area contributed by atoms with Gasteiger partial charge in [0.25, 0.3) is 0 Å². The van der Waals surface area contributed by atoms with E-state index in [0.29, 0.717) is 11.8 Å². The van der Waals surface area contributed by atoms with Crippen LogP contribution < -0.4 is 9.47 Å². The van der Waals surface area contributed by atoms with Crippen LogP contribution in [0.25, 0.3) is 0 Å². The molecule has 1 fully saturated rings. The van der Waals surface area contributed by atoms with Crippen molar-refractivity contribution in [2.24, 2.45) is 0 Å². The second-order valence-corrected chi connectivity index (χ2v) is 4.89. The summed E-state index contributed by atoms with van der Waals surface area (Å²) < 4.78 is 10.7. The highest BCUT2D eigenvalue weighted by atomic mass is 16.5. The first kappa shape index (κ1) is 10.6. The Hall–Kier alpha value is -1.51. The van der Waals surface area contributed by atoms with Gasteiger partial charge in [0.2, 0.25) is 0 Å². The highest BCUT2D eigenvalue weighted by Gasteiger charge is 2.41. The number of carbonyl (C=O) groups is 1. The molecule has 0 amide bonds. The summed E-state index contributed by atoms with van der Waals surface area (Å²) in [5, 5.41) is 0. The molecule has 3 nitrogen and oxygen atoms in total. The molecule has 2 unspecified atom stereocenters. The number of benzene rings is 1. The molecule has 2 bridgehead atoms. The highest BCUT2D eigenvalue weighted by molar-refractivity contribution is 5.71. The van der Waals surface area contributed by atoms with Crippen molar-refractivity contribution in [2.45, 2.75) is 38.0 Å². The molecule has 3 rings (SSSR count). The Morgan fingerprint density at radius 1 is 1.18 bits per heavy atom. The van der Waals surface area contributed by atoms with Crippen molar-refractivity contribution in [3.8, 4) is 11.5 Å². The van der Waals surface area contributed by atoms with Crippen LogP contribution in [-0.4, -0.2) is 13.1 Å². The average Bonchev–Trinajstić information content (AvgIpc) is 2.89. The summed E-state index contributed by atoms with van der Waals surface area (Å²) in [5.74, 6) is 2.59. The normalized spacial score (nSPS) is 24.6. The van der Waals surface area contributed by atoms with Gasteiger partial charge < -0.3 is 9.47 Å². The summed E-state index contributed by atoms with van der Waals surface area (Å²) in [7, 11) is 1.70. The quantitative estimate of drug-likeness (QED) is 0.581. The van der Waals surface area contributed by atoms with E-state index in [-0.39, 0.29) is 5.97 Å². The van der Waals surface area contributed by atoms with E-state index >= 15 is 0 Å². The van der Waals surface area contributed by atoms with Crippen LogP contribution in [0.1, 0.15) is 49.1 Å². The van der Waals surface area contributed by atoms with E-state index in [2.05, 4.69) is 0 Å². The number of carbonyl (C=O) groups excluding carboxylic acids is 1. The first-order valence-electron chi connectivity index (χ1n) is 6.10. The van der Waals surface area contributed by atoms with Crippen LogP contribution in [0.3, 0.4) is 0 Å². The number of hydrogen-bond donors (Lipinski definition) is 0. The fourth-order valence-corrected chi connectivity index (χ4v) is 3.37. The van der Waals surface area contributed by atoms with Gasteiger partial charge in [-0.1, -0.05) is 0 Å². The molecule has 3 heteroatoms. The number of fused-ring (bicyclic) bond motifs is 5. The average molecular weight is 232 g/mol. The van der Waals surface area contributed by atoms with Gasteiger partial charge in [-0.05, 0) is 43.2 Å². The van der Waals surface area contributed by atoms with Crippen molar-refractivity contribution < 1.29 is 14.3 Å². The molecule has 2 atom stereocenters. The predicted molar refractivity (Wildman–Crippen MR) is 63.6 cm³/mol. The maximum Gasteiger partial charge on any atom is 0.308 e. The minimum absolute atomic E-state index is 0.250. The molecule has 0 spiro atoms. The van der Waals surface area contributed by atoms with Crippen molar-refractivity contribution in [3.05, 3.63) is 23.3 Å².